The summed E-state index contributed by atoms with van der Waals surface area (Å²) in [6.45, 7) is 6.17. The Hall–Kier alpha value is -3.62. The molecule has 1 fully saturated rings. The molecule has 1 aliphatic carbocycles. The zero-order chi connectivity index (χ0) is 22.6. The molecule has 3 amide bonds. The summed E-state index contributed by atoms with van der Waals surface area (Å²) < 4.78 is 1.54. The minimum Gasteiger partial charge on any atom is -0.335 e. The first-order valence-corrected chi connectivity index (χ1v) is 10.8. The van der Waals surface area contributed by atoms with E-state index < -0.39 is 5.54 Å². The second-order valence-corrected chi connectivity index (χ2v) is 9.13. The van der Waals surface area contributed by atoms with Crippen LogP contribution < -0.4 is 10.6 Å². The van der Waals surface area contributed by atoms with Gasteiger partial charge in [-0.05, 0) is 38.8 Å². The zero-order valence-electron chi connectivity index (χ0n) is 18.6. The number of H-pyrrole nitrogens is 1. The highest BCUT2D eigenvalue weighted by Gasteiger charge is 2.46. The summed E-state index contributed by atoms with van der Waals surface area (Å²) in [6.07, 6.45) is 0.947. The van der Waals surface area contributed by atoms with Crippen molar-refractivity contribution < 1.29 is 9.59 Å². The van der Waals surface area contributed by atoms with Crippen molar-refractivity contribution in [2.75, 3.05) is 5.32 Å². The van der Waals surface area contributed by atoms with Gasteiger partial charge in [0, 0.05) is 24.6 Å². The number of urea groups is 1. The monoisotopic (exact) mass is 433 g/mol. The number of carbonyl (C=O) groups is 2. The summed E-state index contributed by atoms with van der Waals surface area (Å²) in [6, 6.07) is 12.0. The number of aromatic nitrogens is 4. The molecule has 32 heavy (non-hydrogen) atoms. The zero-order valence-corrected chi connectivity index (χ0v) is 18.6. The highest BCUT2D eigenvalue weighted by molar-refractivity contribution is 6.03. The number of hydrogen-bond donors (Lipinski definition) is 3. The first kappa shape index (κ1) is 20.3. The smallest absolute Gasteiger partial charge is 0.318 e. The molecule has 0 spiro atoms. The Bertz CT molecular complexity index is 1190. The summed E-state index contributed by atoms with van der Waals surface area (Å²) in [5, 5.41) is 17.6. The third-order valence-electron chi connectivity index (χ3n) is 6.51. The van der Waals surface area contributed by atoms with Crippen LogP contribution in [-0.4, -0.2) is 42.9 Å². The van der Waals surface area contributed by atoms with Gasteiger partial charge in [0.2, 0.25) is 0 Å². The summed E-state index contributed by atoms with van der Waals surface area (Å²) in [7, 11) is 1.73. The number of benzene rings is 1. The maximum atomic E-state index is 13.1. The van der Waals surface area contributed by atoms with Crippen LogP contribution in [0.2, 0.25) is 0 Å². The van der Waals surface area contributed by atoms with Gasteiger partial charge in [-0.1, -0.05) is 30.3 Å². The molecule has 1 aliphatic heterocycles. The first-order valence-electron chi connectivity index (χ1n) is 10.8. The number of amides is 3. The minimum absolute atomic E-state index is 0.109. The van der Waals surface area contributed by atoms with E-state index in [1.807, 2.05) is 39.0 Å². The lowest BCUT2D eigenvalue weighted by Crippen LogP contribution is -2.47. The molecule has 9 heteroatoms. The van der Waals surface area contributed by atoms with Crippen LogP contribution in [0.15, 0.2) is 36.4 Å². The van der Waals surface area contributed by atoms with E-state index in [-0.39, 0.29) is 18.0 Å². The van der Waals surface area contributed by atoms with Gasteiger partial charge in [0.15, 0.2) is 5.82 Å². The van der Waals surface area contributed by atoms with Crippen molar-refractivity contribution in [3.8, 4) is 0 Å². The molecular weight excluding hydrogens is 406 g/mol. The van der Waals surface area contributed by atoms with Crippen LogP contribution in [0.5, 0.6) is 0 Å². The quantitative estimate of drug-likeness (QED) is 0.588. The molecule has 0 radical (unpaired) electrons. The third-order valence-corrected chi connectivity index (χ3v) is 6.51. The lowest BCUT2D eigenvalue weighted by molar-refractivity contribution is 0.101. The molecule has 0 bridgehead atoms. The van der Waals surface area contributed by atoms with Gasteiger partial charge in [-0.3, -0.25) is 14.6 Å². The van der Waals surface area contributed by atoms with Crippen molar-refractivity contribution in [3.63, 3.8) is 0 Å². The molecule has 2 aromatic heterocycles. The normalized spacial score (nSPS) is 20.7. The molecule has 3 heterocycles. The molecule has 1 aromatic carbocycles. The number of nitrogens with one attached hydrogen (secondary N) is 3. The van der Waals surface area contributed by atoms with Gasteiger partial charge >= 0.3 is 6.03 Å². The Balaban J connectivity index is 1.29. The molecule has 2 unspecified atom stereocenters. The van der Waals surface area contributed by atoms with Crippen LogP contribution in [0.4, 0.5) is 10.6 Å². The van der Waals surface area contributed by atoms with Crippen LogP contribution >= 0.6 is 0 Å². The van der Waals surface area contributed by atoms with Crippen molar-refractivity contribution in [2.45, 2.75) is 51.2 Å². The Morgan fingerprint density at radius 2 is 1.97 bits per heavy atom. The van der Waals surface area contributed by atoms with Gasteiger partial charge in [-0.25, -0.2) is 4.79 Å². The number of aromatic amines is 1. The largest absolute Gasteiger partial charge is 0.335 e. The molecule has 1 saturated carbocycles. The average molecular weight is 434 g/mol. The minimum atomic E-state index is -0.574. The number of carbonyl (C=O) groups excluding carboxylic acids is 2. The standard InChI is InChI=1S/C23H27N7O2/c1-13-10-18(29(4)28-13)21(31)25-20-16-12-30(23(2,3)19(16)26-27-20)22(32)24-17-11-15(17)14-8-6-5-7-9-14/h5-10,15,17H,11-12H2,1-4H3,(H,24,32)(H2,25,26,27,31). The van der Waals surface area contributed by atoms with Crippen molar-refractivity contribution in [3.05, 3.63) is 64.6 Å². The predicted molar refractivity (Wildman–Crippen MR) is 119 cm³/mol. The van der Waals surface area contributed by atoms with Crippen molar-refractivity contribution >= 4 is 17.8 Å². The van der Waals surface area contributed by atoms with Gasteiger partial charge in [-0.15, -0.1) is 0 Å². The van der Waals surface area contributed by atoms with E-state index in [2.05, 4.69) is 38.1 Å². The van der Waals surface area contributed by atoms with E-state index in [1.54, 1.807) is 22.7 Å². The number of aryl methyl sites for hydroxylation is 2. The summed E-state index contributed by atoms with van der Waals surface area (Å²) in [4.78, 5) is 27.7. The van der Waals surface area contributed by atoms with Crippen LogP contribution in [0.3, 0.4) is 0 Å². The highest BCUT2D eigenvalue weighted by Crippen LogP contribution is 2.43. The van der Waals surface area contributed by atoms with E-state index in [4.69, 9.17) is 0 Å². The third kappa shape index (κ3) is 3.34. The topological polar surface area (TPSA) is 108 Å². The first-order chi connectivity index (χ1) is 15.3. The predicted octanol–water partition coefficient (Wildman–Crippen LogP) is 3.02. The molecule has 2 atom stereocenters. The number of hydrogen-bond acceptors (Lipinski definition) is 4. The van der Waals surface area contributed by atoms with E-state index in [1.165, 1.54) is 5.56 Å². The number of nitrogens with zero attached hydrogens (tertiary/aromatic N) is 4. The van der Waals surface area contributed by atoms with Gasteiger partial charge in [0.05, 0.1) is 23.5 Å². The lowest BCUT2D eigenvalue weighted by Gasteiger charge is -2.32. The summed E-state index contributed by atoms with van der Waals surface area (Å²) >= 11 is 0. The number of anilines is 1. The summed E-state index contributed by atoms with van der Waals surface area (Å²) in [5.41, 5.74) is 3.56. The van der Waals surface area contributed by atoms with Gasteiger partial charge in [0.25, 0.3) is 5.91 Å². The Kier molecular flexibility index (Phi) is 4.58. The number of fused-ring (bicyclic) bond motifs is 1. The van der Waals surface area contributed by atoms with Gasteiger partial charge in [-0.2, -0.15) is 10.2 Å². The Morgan fingerprint density at radius 3 is 2.66 bits per heavy atom. The fourth-order valence-electron chi connectivity index (χ4n) is 4.60. The van der Waals surface area contributed by atoms with Crippen LogP contribution in [0.1, 0.15) is 59.2 Å². The van der Waals surface area contributed by atoms with Crippen LogP contribution in [0.25, 0.3) is 0 Å². The van der Waals surface area contributed by atoms with E-state index in [0.29, 0.717) is 24.0 Å². The molecular formula is C23H27N7O2. The Labute approximate surface area is 186 Å². The van der Waals surface area contributed by atoms with Gasteiger partial charge in [0.1, 0.15) is 5.69 Å². The van der Waals surface area contributed by atoms with Crippen molar-refractivity contribution in [1.82, 2.24) is 30.2 Å². The molecule has 3 N–H and O–H groups in total. The molecule has 9 nitrogen and oxygen atoms in total. The molecule has 5 rings (SSSR count). The Morgan fingerprint density at radius 1 is 1.22 bits per heavy atom. The second kappa shape index (κ2) is 7.22. The molecule has 2 aliphatic rings. The van der Waals surface area contributed by atoms with E-state index >= 15 is 0 Å². The van der Waals surface area contributed by atoms with E-state index in [9.17, 15) is 9.59 Å². The second-order valence-electron chi connectivity index (χ2n) is 9.13. The molecule has 3 aromatic rings. The SMILES string of the molecule is Cc1cc(C(=O)Nc2n[nH]c3c2CN(C(=O)NC2CC2c2ccccc2)C3(C)C)n(C)n1. The van der Waals surface area contributed by atoms with Crippen LogP contribution in [0, 0.1) is 6.92 Å². The van der Waals surface area contributed by atoms with Crippen LogP contribution in [-0.2, 0) is 19.1 Å². The van der Waals surface area contributed by atoms with Crippen molar-refractivity contribution in [1.29, 1.82) is 0 Å². The maximum Gasteiger partial charge on any atom is 0.318 e. The summed E-state index contributed by atoms with van der Waals surface area (Å²) in [5.74, 6) is 0.523. The fourth-order valence-corrected chi connectivity index (χ4v) is 4.60. The maximum absolute atomic E-state index is 13.1. The van der Waals surface area contributed by atoms with Gasteiger partial charge < -0.3 is 15.5 Å². The fraction of sp³-hybridized carbons (Fsp3) is 0.391. The lowest BCUT2D eigenvalue weighted by atomic mass is 10.0. The average Bonchev–Trinajstić information content (AvgIpc) is 3.11. The highest BCUT2D eigenvalue weighted by atomic mass is 16.2. The molecule has 166 valence electrons. The van der Waals surface area contributed by atoms with Crippen molar-refractivity contribution in [2.24, 2.45) is 7.05 Å². The van der Waals surface area contributed by atoms with E-state index in [0.717, 1.165) is 23.4 Å². The number of rotatable bonds is 4. The molecule has 0 saturated heterocycles.